The molecule has 5 nitrogen and oxygen atoms in total. The van der Waals surface area contributed by atoms with Crippen molar-refractivity contribution in [1.82, 2.24) is 0 Å². The number of rotatable bonds is 6. The summed E-state index contributed by atoms with van der Waals surface area (Å²) in [6.45, 7) is 5.63. The van der Waals surface area contributed by atoms with Gasteiger partial charge >= 0.3 is 5.97 Å². The molecule has 1 unspecified atom stereocenters. The minimum Gasteiger partial charge on any atom is -0.478 e. The van der Waals surface area contributed by atoms with Crippen molar-refractivity contribution in [1.29, 1.82) is 0 Å². The highest BCUT2D eigenvalue weighted by molar-refractivity contribution is 5.94. The van der Waals surface area contributed by atoms with Crippen molar-refractivity contribution in [2.45, 2.75) is 26.8 Å². The monoisotopic (exact) mass is 513 g/mol. The van der Waals surface area contributed by atoms with Crippen molar-refractivity contribution in [2.75, 3.05) is 5.32 Å². The molecule has 0 saturated heterocycles. The fourth-order valence-electron chi connectivity index (χ4n) is 4.90. The van der Waals surface area contributed by atoms with Crippen LogP contribution in [0.4, 0.5) is 5.69 Å². The molecule has 5 rings (SSSR count). The molecule has 0 radical (unpaired) electrons. The number of aromatic carboxylic acids is 1. The van der Waals surface area contributed by atoms with Crippen LogP contribution in [0.3, 0.4) is 0 Å². The molecule has 0 amide bonds. The molecule has 0 bridgehead atoms. The van der Waals surface area contributed by atoms with Crippen LogP contribution in [0.25, 0.3) is 33.4 Å². The van der Waals surface area contributed by atoms with Gasteiger partial charge in [-0.3, -0.25) is 4.79 Å². The van der Waals surface area contributed by atoms with E-state index in [2.05, 4.69) is 11.2 Å². The Kier molecular flexibility index (Phi) is 6.79. The number of carbonyl (C=O) groups is 1. The summed E-state index contributed by atoms with van der Waals surface area (Å²) >= 11 is 0. The van der Waals surface area contributed by atoms with Gasteiger partial charge in [-0.1, -0.05) is 54.5 Å². The van der Waals surface area contributed by atoms with Gasteiger partial charge in [0.25, 0.3) is 0 Å². The van der Waals surface area contributed by atoms with Crippen LogP contribution in [0.15, 0.2) is 94.1 Å². The first kappa shape index (κ1) is 25.6. The van der Waals surface area contributed by atoms with Crippen molar-refractivity contribution in [2.24, 2.45) is 0 Å². The molecule has 0 aliphatic heterocycles. The summed E-state index contributed by atoms with van der Waals surface area (Å²) in [4.78, 5) is 25.4. The van der Waals surface area contributed by atoms with Crippen molar-refractivity contribution < 1.29 is 14.3 Å². The molecule has 0 saturated carbocycles. The Bertz CT molecular complexity index is 1840. The number of nitrogens with one attached hydrogen (secondary N) is 1. The second-order valence-corrected chi connectivity index (χ2v) is 9.64. The van der Waals surface area contributed by atoms with Gasteiger partial charge in [-0.05, 0) is 73.9 Å². The van der Waals surface area contributed by atoms with Gasteiger partial charge in [0.05, 0.1) is 17.0 Å². The maximum Gasteiger partial charge on any atom is 0.337 e. The van der Waals surface area contributed by atoms with Gasteiger partial charge < -0.3 is 14.8 Å². The zero-order valence-electron chi connectivity index (χ0n) is 21.9. The highest BCUT2D eigenvalue weighted by Crippen LogP contribution is 2.34. The molecule has 0 aliphatic carbocycles. The predicted octanol–water partition coefficient (Wildman–Crippen LogP) is 7.60. The Hall–Kier alpha value is -5.08. The van der Waals surface area contributed by atoms with Crippen LogP contribution in [0.2, 0.25) is 0 Å². The third-order valence-electron chi connectivity index (χ3n) is 6.88. The van der Waals surface area contributed by atoms with Gasteiger partial charge in [-0.15, -0.1) is 6.42 Å². The number of benzene rings is 4. The van der Waals surface area contributed by atoms with Crippen LogP contribution in [0.1, 0.15) is 45.6 Å². The van der Waals surface area contributed by atoms with Crippen LogP contribution in [0.5, 0.6) is 0 Å². The molecule has 1 heterocycles. The standard InChI is InChI=1S/C34H27NO4/c1-5-23-10-8-11-24(18-23)25-12-9-13-26(19-25)32-21(3)31(36)29-17-20(2)16-28(33(29)39-32)22(4)35-30-15-7-6-14-27(30)34(37)38/h1,6-19,22,35H,2-4H3,(H,37,38). The number of hydrogen-bond donors (Lipinski definition) is 2. The van der Waals surface area contributed by atoms with E-state index in [9.17, 15) is 14.7 Å². The van der Waals surface area contributed by atoms with Crippen LogP contribution in [0, 0.1) is 26.2 Å². The molecule has 5 aromatic rings. The Morgan fingerprint density at radius 2 is 1.62 bits per heavy atom. The normalized spacial score (nSPS) is 11.6. The van der Waals surface area contributed by atoms with Crippen LogP contribution < -0.4 is 10.7 Å². The number of anilines is 1. The first-order valence-electron chi connectivity index (χ1n) is 12.6. The largest absolute Gasteiger partial charge is 0.478 e. The highest BCUT2D eigenvalue weighted by Gasteiger charge is 2.20. The first-order chi connectivity index (χ1) is 18.8. The lowest BCUT2D eigenvalue weighted by Gasteiger charge is -2.20. The highest BCUT2D eigenvalue weighted by atomic mass is 16.4. The predicted molar refractivity (Wildman–Crippen MR) is 156 cm³/mol. The van der Waals surface area contributed by atoms with Crippen molar-refractivity contribution in [3.63, 3.8) is 0 Å². The van der Waals surface area contributed by atoms with Crippen molar-refractivity contribution in [3.05, 3.63) is 123 Å². The lowest BCUT2D eigenvalue weighted by molar-refractivity contribution is 0.0698. The topological polar surface area (TPSA) is 79.5 Å². The van der Waals surface area contributed by atoms with E-state index < -0.39 is 5.97 Å². The molecule has 5 heteroatoms. The van der Waals surface area contributed by atoms with Gasteiger partial charge in [0.1, 0.15) is 11.3 Å². The number of fused-ring (bicyclic) bond motifs is 1. The van der Waals surface area contributed by atoms with E-state index in [1.807, 2.05) is 74.5 Å². The second kappa shape index (κ2) is 10.4. The average Bonchev–Trinajstić information content (AvgIpc) is 2.95. The second-order valence-electron chi connectivity index (χ2n) is 9.64. The molecule has 0 aliphatic rings. The summed E-state index contributed by atoms with van der Waals surface area (Å²) in [5.74, 6) is 2.14. The van der Waals surface area contributed by atoms with Crippen molar-refractivity contribution >= 4 is 22.6 Å². The zero-order valence-corrected chi connectivity index (χ0v) is 21.9. The molecule has 39 heavy (non-hydrogen) atoms. The third-order valence-corrected chi connectivity index (χ3v) is 6.88. The lowest BCUT2D eigenvalue weighted by atomic mass is 9.97. The third kappa shape index (κ3) is 4.93. The fourth-order valence-corrected chi connectivity index (χ4v) is 4.90. The quantitative estimate of drug-likeness (QED) is 0.229. The number of terminal acetylenes is 1. The Morgan fingerprint density at radius 3 is 2.36 bits per heavy atom. The lowest BCUT2D eigenvalue weighted by Crippen LogP contribution is -2.14. The van der Waals surface area contributed by atoms with E-state index in [0.717, 1.165) is 33.4 Å². The summed E-state index contributed by atoms with van der Waals surface area (Å²) < 4.78 is 6.53. The molecule has 0 spiro atoms. The minimum absolute atomic E-state index is 0.103. The number of para-hydroxylation sites is 1. The van der Waals surface area contributed by atoms with E-state index >= 15 is 0 Å². The van der Waals surface area contributed by atoms with Crippen LogP contribution >= 0.6 is 0 Å². The number of aryl methyl sites for hydroxylation is 1. The Labute approximate surface area is 226 Å². The number of hydrogen-bond acceptors (Lipinski definition) is 4. The molecule has 4 aromatic carbocycles. The smallest absolute Gasteiger partial charge is 0.337 e. The first-order valence-corrected chi connectivity index (χ1v) is 12.6. The molecule has 0 fully saturated rings. The van der Waals surface area contributed by atoms with Crippen molar-refractivity contribution in [3.8, 4) is 34.8 Å². The summed E-state index contributed by atoms with van der Waals surface area (Å²) in [6.07, 6.45) is 5.59. The summed E-state index contributed by atoms with van der Waals surface area (Å²) in [7, 11) is 0. The van der Waals surface area contributed by atoms with E-state index in [1.54, 1.807) is 31.2 Å². The van der Waals surface area contributed by atoms with Gasteiger partial charge in [0.2, 0.25) is 0 Å². The van der Waals surface area contributed by atoms with Gasteiger partial charge in [0, 0.05) is 27.9 Å². The summed E-state index contributed by atoms with van der Waals surface area (Å²) in [6, 6.07) is 25.8. The average molecular weight is 514 g/mol. The molecule has 192 valence electrons. The summed E-state index contributed by atoms with van der Waals surface area (Å²) in [5.41, 5.74) is 6.71. The van der Waals surface area contributed by atoms with Gasteiger partial charge in [-0.25, -0.2) is 4.79 Å². The zero-order chi connectivity index (χ0) is 27.7. The number of carboxylic acids is 1. The SMILES string of the molecule is C#Cc1cccc(-c2cccc(-c3oc4c(C(C)Nc5ccccc5C(=O)O)cc(C)cc4c(=O)c3C)c2)c1. The van der Waals surface area contributed by atoms with E-state index in [4.69, 9.17) is 10.8 Å². The van der Waals surface area contributed by atoms with Crippen LogP contribution in [-0.4, -0.2) is 11.1 Å². The maximum atomic E-state index is 13.6. The molecule has 2 N–H and O–H groups in total. The van der Waals surface area contributed by atoms with Gasteiger partial charge in [0.15, 0.2) is 5.43 Å². The number of carboxylic acid groups (broad SMARTS) is 1. The van der Waals surface area contributed by atoms with E-state index in [0.29, 0.717) is 28.0 Å². The maximum absolute atomic E-state index is 13.6. The Morgan fingerprint density at radius 1 is 0.923 bits per heavy atom. The Balaban J connectivity index is 1.65. The summed E-state index contributed by atoms with van der Waals surface area (Å²) in [5, 5.41) is 13.4. The van der Waals surface area contributed by atoms with Gasteiger partial charge in [-0.2, -0.15) is 0 Å². The molecular formula is C34H27NO4. The van der Waals surface area contributed by atoms with E-state index in [1.165, 1.54) is 0 Å². The molecule has 1 aromatic heterocycles. The minimum atomic E-state index is -1.02. The molecular weight excluding hydrogens is 486 g/mol. The fraction of sp³-hybridized carbons (Fsp3) is 0.118. The molecule has 1 atom stereocenters. The van der Waals surface area contributed by atoms with E-state index in [-0.39, 0.29) is 17.0 Å². The van der Waals surface area contributed by atoms with Crippen LogP contribution in [-0.2, 0) is 0 Å².